The van der Waals surface area contributed by atoms with Crippen LogP contribution in [0.5, 0.6) is 5.75 Å². The lowest BCUT2D eigenvalue weighted by molar-refractivity contribution is -0.0698. The second-order valence-electron chi connectivity index (χ2n) is 4.23. The van der Waals surface area contributed by atoms with Crippen molar-refractivity contribution in [2.45, 2.75) is 25.2 Å². The van der Waals surface area contributed by atoms with Gasteiger partial charge in [-0.15, -0.1) is 0 Å². The van der Waals surface area contributed by atoms with Crippen LogP contribution in [-0.4, -0.2) is 37.8 Å². The van der Waals surface area contributed by atoms with Gasteiger partial charge in [-0.25, -0.2) is 4.39 Å². The molecule has 100 valence electrons. The van der Waals surface area contributed by atoms with Crippen molar-refractivity contribution in [1.82, 2.24) is 0 Å². The molecule has 0 radical (unpaired) electrons. The van der Waals surface area contributed by atoms with Crippen LogP contribution >= 0.6 is 0 Å². The maximum Gasteiger partial charge on any atom is 0.165 e. The largest absolute Gasteiger partial charge is 0.494 e. The Hall–Kier alpha value is -1.17. The highest BCUT2D eigenvalue weighted by molar-refractivity contribution is 5.29. The fourth-order valence-electron chi connectivity index (χ4n) is 1.96. The molecule has 0 aromatic heterocycles. The summed E-state index contributed by atoms with van der Waals surface area (Å²) in [5.74, 6) is -0.216. The fraction of sp³-hybridized carbons (Fsp3) is 0.538. The Morgan fingerprint density at radius 1 is 1.44 bits per heavy atom. The maximum absolute atomic E-state index is 13.4. The zero-order valence-corrected chi connectivity index (χ0v) is 10.3. The molecule has 1 aliphatic heterocycles. The third-order valence-corrected chi connectivity index (χ3v) is 2.84. The number of benzene rings is 1. The molecule has 1 aliphatic rings. The second-order valence-corrected chi connectivity index (χ2v) is 4.23. The normalized spacial score (nSPS) is 17.9. The summed E-state index contributed by atoms with van der Waals surface area (Å²) in [6.07, 6.45) is -0.193. The SMILES string of the molecule is COc1ccc(CC(O)CC2OCCO2)cc1F. The van der Waals surface area contributed by atoms with Gasteiger partial charge in [-0.1, -0.05) is 6.07 Å². The zero-order chi connectivity index (χ0) is 13.0. The van der Waals surface area contributed by atoms with Crippen molar-refractivity contribution in [2.24, 2.45) is 0 Å². The molecule has 0 saturated carbocycles. The van der Waals surface area contributed by atoms with E-state index in [0.717, 1.165) is 5.56 Å². The summed E-state index contributed by atoms with van der Waals surface area (Å²) in [5.41, 5.74) is 0.721. The van der Waals surface area contributed by atoms with Gasteiger partial charge < -0.3 is 19.3 Å². The van der Waals surface area contributed by atoms with Gasteiger partial charge in [0, 0.05) is 6.42 Å². The molecule has 1 atom stereocenters. The molecular weight excluding hydrogens is 239 g/mol. The van der Waals surface area contributed by atoms with Crippen LogP contribution in [0, 0.1) is 5.82 Å². The molecule has 1 saturated heterocycles. The average molecular weight is 256 g/mol. The molecule has 1 N–H and O–H groups in total. The van der Waals surface area contributed by atoms with Crippen LogP contribution in [0.2, 0.25) is 0 Å². The summed E-state index contributed by atoms with van der Waals surface area (Å²) in [6, 6.07) is 4.67. The van der Waals surface area contributed by atoms with E-state index in [1.165, 1.54) is 13.2 Å². The van der Waals surface area contributed by atoms with Crippen molar-refractivity contribution in [3.05, 3.63) is 29.6 Å². The van der Waals surface area contributed by atoms with Crippen molar-refractivity contribution in [1.29, 1.82) is 0 Å². The molecule has 0 spiro atoms. The highest BCUT2D eigenvalue weighted by Crippen LogP contribution is 2.20. The number of aliphatic hydroxyl groups excluding tert-OH is 1. The minimum Gasteiger partial charge on any atom is -0.494 e. The van der Waals surface area contributed by atoms with Crippen molar-refractivity contribution in [3.63, 3.8) is 0 Å². The Morgan fingerprint density at radius 2 is 2.17 bits per heavy atom. The summed E-state index contributed by atoms with van der Waals surface area (Å²) < 4.78 is 28.8. The first kappa shape index (κ1) is 13.3. The summed E-state index contributed by atoms with van der Waals surface area (Å²) in [4.78, 5) is 0. The van der Waals surface area contributed by atoms with E-state index in [4.69, 9.17) is 14.2 Å². The van der Waals surface area contributed by atoms with Gasteiger partial charge in [0.1, 0.15) is 0 Å². The summed E-state index contributed by atoms with van der Waals surface area (Å²) in [6.45, 7) is 1.13. The van der Waals surface area contributed by atoms with Crippen molar-refractivity contribution < 1.29 is 23.7 Å². The standard InChI is InChI=1S/C13H17FO4/c1-16-12-3-2-9(7-11(12)14)6-10(15)8-13-17-4-5-18-13/h2-3,7,10,13,15H,4-6,8H2,1H3. The van der Waals surface area contributed by atoms with E-state index in [1.54, 1.807) is 12.1 Å². The predicted octanol–water partition coefficient (Wildman–Crippen LogP) is 1.50. The molecule has 1 heterocycles. The van der Waals surface area contributed by atoms with Crippen LogP contribution in [0.25, 0.3) is 0 Å². The number of ether oxygens (including phenoxy) is 3. The Kier molecular flexibility index (Phi) is 4.52. The summed E-state index contributed by atoms with van der Waals surface area (Å²) in [7, 11) is 1.42. The van der Waals surface area contributed by atoms with Crippen LogP contribution in [0.15, 0.2) is 18.2 Å². The van der Waals surface area contributed by atoms with Gasteiger partial charge in [0.25, 0.3) is 0 Å². The number of hydrogen-bond donors (Lipinski definition) is 1. The molecule has 1 aromatic carbocycles. The second kappa shape index (κ2) is 6.13. The van der Waals surface area contributed by atoms with Gasteiger partial charge in [0.15, 0.2) is 17.9 Å². The van der Waals surface area contributed by atoms with Gasteiger partial charge >= 0.3 is 0 Å². The van der Waals surface area contributed by atoms with E-state index in [2.05, 4.69) is 0 Å². The first-order chi connectivity index (χ1) is 8.69. The number of methoxy groups -OCH3 is 1. The molecule has 1 aromatic rings. The smallest absolute Gasteiger partial charge is 0.165 e. The van der Waals surface area contributed by atoms with Crippen LogP contribution in [0.3, 0.4) is 0 Å². The fourth-order valence-corrected chi connectivity index (χ4v) is 1.96. The molecule has 0 bridgehead atoms. The van der Waals surface area contributed by atoms with Gasteiger partial charge in [-0.3, -0.25) is 0 Å². The van der Waals surface area contributed by atoms with E-state index in [9.17, 15) is 9.50 Å². The van der Waals surface area contributed by atoms with Crippen molar-refractivity contribution in [2.75, 3.05) is 20.3 Å². The third kappa shape index (κ3) is 3.41. The van der Waals surface area contributed by atoms with Crippen LogP contribution in [0.1, 0.15) is 12.0 Å². The lowest BCUT2D eigenvalue weighted by Crippen LogP contribution is -2.20. The lowest BCUT2D eigenvalue weighted by atomic mass is 10.1. The molecule has 1 unspecified atom stereocenters. The van der Waals surface area contributed by atoms with E-state index in [0.29, 0.717) is 26.1 Å². The first-order valence-electron chi connectivity index (χ1n) is 5.92. The first-order valence-corrected chi connectivity index (χ1v) is 5.92. The Bertz CT molecular complexity index is 391. The molecular formula is C13H17FO4. The average Bonchev–Trinajstić information content (AvgIpc) is 2.82. The molecule has 18 heavy (non-hydrogen) atoms. The third-order valence-electron chi connectivity index (χ3n) is 2.84. The quantitative estimate of drug-likeness (QED) is 0.867. The summed E-state index contributed by atoms with van der Waals surface area (Å²) in [5, 5.41) is 9.87. The monoisotopic (exact) mass is 256 g/mol. The predicted molar refractivity (Wildman–Crippen MR) is 63.0 cm³/mol. The van der Waals surface area contributed by atoms with E-state index >= 15 is 0 Å². The van der Waals surface area contributed by atoms with E-state index < -0.39 is 11.9 Å². The zero-order valence-electron chi connectivity index (χ0n) is 10.3. The molecule has 5 heteroatoms. The molecule has 0 aliphatic carbocycles. The number of rotatable bonds is 5. The van der Waals surface area contributed by atoms with Crippen LogP contribution < -0.4 is 4.74 Å². The molecule has 2 rings (SSSR count). The van der Waals surface area contributed by atoms with Gasteiger partial charge in [-0.2, -0.15) is 0 Å². The number of aliphatic hydroxyl groups is 1. The van der Waals surface area contributed by atoms with Gasteiger partial charge in [0.2, 0.25) is 0 Å². The topological polar surface area (TPSA) is 47.9 Å². The maximum atomic E-state index is 13.4. The van der Waals surface area contributed by atoms with E-state index in [-0.39, 0.29) is 12.0 Å². The number of hydrogen-bond acceptors (Lipinski definition) is 4. The van der Waals surface area contributed by atoms with Gasteiger partial charge in [0.05, 0.1) is 26.4 Å². The molecule has 0 amide bonds. The van der Waals surface area contributed by atoms with Crippen LogP contribution in [-0.2, 0) is 15.9 Å². The van der Waals surface area contributed by atoms with E-state index in [1.807, 2.05) is 0 Å². The van der Waals surface area contributed by atoms with Crippen molar-refractivity contribution >= 4 is 0 Å². The van der Waals surface area contributed by atoms with Crippen molar-refractivity contribution in [3.8, 4) is 5.75 Å². The minimum atomic E-state index is -0.610. The van der Waals surface area contributed by atoms with Gasteiger partial charge in [-0.05, 0) is 24.1 Å². The minimum absolute atomic E-state index is 0.204. The highest BCUT2D eigenvalue weighted by atomic mass is 19.1. The Morgan fingerprint density at radius 3 is 2.78 bits per heavy atom. The molecule has 4 nitrogen and oxygen atoms in total. The lowest BCUT2D eigenvalue weighted by Gasteiger charge is -2.15. The highest BCUT2D eigenvalue weighted by Gasteiger charge is 2.20. The van der Waals surface area contributed by atoms with Crippen LogP contribution in [0.4, 0.5) is 4.39 Å². The Balaban J connectivity index is 1.89. The Labute approximate surface area is 105 Å². The summed E-state index contributed by atoms with van der Waals surface area (Å²) >= 11 is 0. The number of halogens is 1. The molecule has 1 fully saturated rings.